The lowest BCUT2D eigenvalue weighted by Gasteiger charge is -2.10. The molecule has 0 amide bonds. The van der Waals surface area contributed by atoms with E-state index < -0.39 is 11.6 Å². The largest absolute Gasteiger partial charge is 0.350 e. The summed E-state index contributed by atoms with van der Waals surface area (Å²) >= 11 is 0. The van der Waals surface area contributed by atoms with Crippen LogP contribution in [0.25, 0.3) is 0 Å². The smallest absolute Gasteiger partial charge is 0.225 e. The van der Waals surface area contributed by atoms with Crippen molar-refractivity contribution >= 4 is 17.5 Å². The van der Waals surface area contributed by atoms with Crippen molar-refractivity contribution in [2.45, 2.75) is 13.5 Å². The molecule has 128 valence electrons. The van der Waals surface area contributed by atoms with Gasteiger partial charge >= 0.3 is 0 Å². The van der Waals surface area contributed by atoms with Gasteiger partial charge in [-0.25, -0.2) is 18.2 Å². The summed E-state index contributed by atoms with van der Waals surface area (Å²) in [6, 6.07) is 11.3. The number of halogens is 3. The fourth-order valence-corrected chi connectivity index (χ4v) is 2.22. The van der Waals surface area contributed by atoms with E-state index in [0.29, 0.717) is 29.7 Å². The molecule has 2 N–H and O–H groups in total. The van der Waals surface area contributed by atoms with Gasteiger partial charge in [0, 0.05) is 30.1 Å². The first-order valence-electron chi connectivity index (χ1n) is 7.56. The van der Waals surface area contributed by atoms with Crippen LogP contribution in [0.2, 0.25) is 0 Å². The average Bonchev–Trinajstić information content (AvgIpc) is 2.57. The van der Waals surface area contributed by atoms with Gasteiger partial charge in [0.2, 0.25) is 5.95 Å². The summed E-state index contributed by atoms with van der Waals surface area (Å²) in [5, 5.41) is 5.96. The number of hydrogen-bond donors (Lipinski definition) is 2. The topological polar surface area (TPSA) is 49.8 Å². The lowest BCUT2D eigenvalue weighted by Crippen LogP contribution is -2.06. The van der Waals surface area contributed by atoms with E-state index in [1.165, 1.54) is 18.2 Å². The maximum Gasteiger partial charge on any atom is 0.225 e. The van der Waals surface area contributed by atoms with Crippen molar-refractivity contribution in [2.75, 3.05) is 10.6 Å². The molecule has 4 nitrogen and oxygen atoms in total. The summed E-state index contributed by atoms with van der Waals surface area (Å²) in [5.41, 5.74) is 1.95. The Labute approximate surface area is 142 Å². The van der Waals surface area contributed by atoms with Gasteiger partial charge in [0.15, 0.2) is 11.6 Å². The van der Waals surface area contributed by atoms with Crippen LogP contribution in [0.3, 0.4) is 0 Å². The summed E-state index contributed by atoms with van der Waals surface area (Å²) in [7, 11) is 0. The number of nitrogens with one attached hydrogen (secondary N) is 2. The standard InChI is InChI=1S/C18H15F3N4/c1-11-8-17(24-14-6-7-15(20)16(21)9-14)25-18(23-11)22-10-12-2-4-13(19)5-3-12/h2-9H,10H2,1H3,(H2,22,23,24,25). The monoisotopic (exact) mass is 344 g/mol. The summed E-state index contributed by atoms with van der Waals surface area (Å²) in [4.78, 5) is 8.56. The molecule has 0 aliphatic heterocycles. The molecule has 1 aromatic heterocycles. The molecule has 0 radical (unpaired) electrons. The van der Waals surface area contributed by atoms with Gasteiger partial charge in [0.1, 0.15) is 11.6 Å². The first-order valence-corrected chi connectivity index (χ1v) is 7.56. The van der Waals surface area contributed by atoms with Crippen LogP contribution in [-0.4, -0.2) is 9.97 Å². The molecule has 7 heteroatoms. The van der Waals surface area contributed by atoms with E-state index in [1.807, 2.05) is 0 Å². The fourth-order valence-electron chi connectivity index (χ4n) is 2.22. The Balaban J connectivity index is 1.73. The second kappa shape index (κ2) is 7.21. The summed E-state index contributed by atoms with van der Waals surface area (Å²) in [6.45, 7) is 2.22. The van der Waals surface area contributed by atoms with Crippen LogP contribution < -0.4 is 10.6 Å². The van der Waals surface area contributed by atoms with Crippen LogP contribution in [0.15, 0.2) is 48.5 Å². The van der Waals surface area contributed by atoms with Gasteiger partial charge in [-0.2, -0.15) is 4.98 Å². The zero-order valence-corrected chi connectivity index (χ0v) is 13.4. The van der Waals surface area contributed by atoms with Crippen molar-refractivity contribution in [3.63, 3.8) is 0 Å². The van der Waals surface area contributed by atoms with Crippen LogP contribution in [0.5, 0.6) is 0 Å². The normalized spacial score (nSPS) is 10.6. The minimum atomic E-state index is -0.939. The van der Waals surface area contributed by atoms with Crippen molar-refractivity contribution in [1.82, 2.24) is 9.97 Å². The van der Waals surface area contributed by atoms with Crippen molar-refractivity contribution in [3.8, 4) is 0 Å². The number of hydrogen-bond acceptors (Lipinski definition) is 4. The Morgan fingerprint density at radius 1 is 0.880 bits per heavy atom. The third-order valence-corrected chi connectivity index (χ3v) is 3.41. The Morgan fingerprint density at radius 2 is 1.64 bits per heavy atom. The summed E-state index contributed by atoms with van der Waals surface area (Å²) in [6.07, 6.45) is 0. The molecule has 25 heavy (non-hydrogen) atoms. The van der Waals surface area contributed by atoms with Crippen LogP contribution in [0, 0.1) is 24.4 Å². The number of anilines is 3. The SMILES string of the molecule is Cc1cc(Nc2ccc(F)c(F)c2)nc(NCc2ccc(F)cc2)n1. The molecular weight excluding hydrogens is 329 g/mol. The fraction of sp³-hybridized carbons (Fsp3) is 0.111. The van der Waals surface area contributed by atoms with Gasteiger partial charge in [-0.15, -0.1) is 0 Å². The minimum Gasteiger partial charge on any atom is -0.350 e. The van der Waals surface area contributed by atoms with E-state index in [1.54, 1.807) is 25.1 Å². The maximum absolute atomic E-state index is 13.3. The van der Waals surface area contributed by atoms with Crippen molar-refractivity contribution in [1.29, 1.82) is 0 Å². The van der Waals surface area contributed by atoms with E-state index in [-0.39, 0.29) is 5.82 Å². The minimum absolute atomic E-state index is 0.298. The molecule has 0 saturated carbocycles. The van der Waals surface area contributed by atoms with Crippen molar-refractivity contribution in [3.05, 3.63) is 77.2 Å². The predicted molar refractivity (Wildman–Crippen MR) is 90.1 cm³/mol. The number of rotatable bonds is 5. The molecule has 0 bridgehead atoms. The highest BCUT2D eigenvalue weighted by molar-refractivity contribution is 5.57. The third kappa shape index (κ3) is 4.47. The highest BCUT2D eigenvalue weighted by Crippen LogP contribution is 2.19. The predicted octanol–water partition coefficient (Wildman–Crippen LogP) is 4.56. The van der Waals surface area contributed by atoms with E-state index in [9.17, 15) is 13.2 Å². The number of nitrogens with zero attached hydrogens (tertiary/aromatic N) is 2. The van der Waals surface area contributed by atoms with Crippen LogP contribution in [0.4, 0.5) is 30.6 Å². The van der Waals surface area contributed by atoms with Crippen LogP contribution in [0.1, 0.15) is 11.3 Å². The Hall–Kier alpha value is -3.09. The van der Waals surface area contributed by atoms with E-state index in [0.717, 1.165) is 17.7 Å². The molecule has 1 heterocycles. The van der Waals surface area contributed by atoms with Gasteiger partial charge < -0.3 is 10.6 Å². The molecule has 0 unspecified atom stereocenters. The van der Waals surface area contributed by atoms with Gasteiger partial charge in [0.05, 0.1) is 0 Å². The zero-order valence-electron chi connectivity index (χ0n) is 13.4. The summed E-state index contributed by atoms with van der Waals surface area (Å²) in [5.74, 6) is -1.33. The molecular formula is C18H15F3N4. The first kappa shape index (κ1) is 16.8. The van der Waals surface area contributed by atoms with Gasteiger partial charge in [-0.1, -0.05) is 12.1 Å². The van der Waals surface area contributed by atoms with E-state index in [4.69, 9.17) is 0 Å². The molecule has 0 fully saturated rings. The number of aromatic nitrogens is 2. The van der Waals surface area contributed by atoms with Gasteiger partial charge in [-0.05, 0) is 36.8 Å². The van der Waals surface area contributed by atoms with Crippen molar-refractivity contribution < 1.29 is 13.2 Å². The summed E-state index contributed by atoms with van der Waals surface area (Å²) < 4.78 is 39.2. The Bertz CT molecular complexity index is 882. The molecule has 0 aliphatic carbocycles. The highest BCUT2D eigenvalue weighted by atomic mass is 19.2. The highest BCUT2D eigenvalue weighted by Gasteiger charge is 2.06. The Kier molecular flexibility index (Phi) is 4.83. The van der Waals surface area contributed by atoms with E-state index in [2.05, 4.69) is 20.6 Å². The second-order valence-electron chi connectivity index (χ2n) is 5.45. The lowest BCUT2D eigenvalue weighted by atomic mass is 10.2. The molecule has 0 spiro atoms. The molecule has 2 aromatic carbocycles. The van der Waals surface area contributed by atoms with E-state index >= 15 is 0 Å². The van der Waals surface area contributed by atoms with Crippen LogP contribution >= 0.6 is 0 Å². The molecule has 0 atom stereocenters. The molecule has 3 aromatic rings. The number of aryl methyl sites for hydroxylation is 1. The Morgan fingerprint density at radius 3 is 2.36 bits per heavy atom. The third-order valence-electron chi connectivity index (χ3n) is 3.41. The first-order chi connectivity index (χ1) is 12.0. The maximum atomic E-state index is 13.3. The zero-order chi connectivity index (χ0) is 17.8. The average molecular weight is 344 g/mol. The molecule has 0 saturated heterocycles. The van der Waals surface area contributed by atoms with Crippen LogP contribution in [-0.2, 0) is 6.54 Å². The molecule has 3 rings (SSSR count). The van der Waals surface area contributed by atoms with Gasteiger partial charge in [-0.3, -0.25) is 0 Å². The molecule has 0 aliphatic rings. The van der Waals surface area contributed by atoms with Gasteiger partial charge in [0.25, 0.3) is 0 Å². The quantitative estimate of drug-likeness (QED) is 0.712. The van der Waals surface area contributed by atoms with Crippen molar-refractivity contribution in [2.24, 2.45) is 0 Å². The number of benzene rings is 2. The lowest BCUT2D eigenvalue weighted by molar-refractivity contribution is 0.509. The second-order valence-corrected chi connectivity index (χ2v) is 5.45.